The highest BCUT2D eigenvalue weighted by Gasteiger charge is 2.41. The van der Waals surface area contributed by atoms with Crippen molar-refractivity contribution in [2.24, 2.45) is 5.92 Å². The number of piperidine rings is 1. The molecule has 2 rings (SSSR count). The van der Waals surface area contributed by atoms with Crippen molar-refractivity contribution in [3.63, 3.8) is 0 Å². The Hall–Kier alpha value is -1.24. The second-order valence-electron chi connectivity index (χ2n) is 4.08. The molecule has 0 radical (unpaired) electrons. The van der Waals surface area contributed by atoms with Crippen LogP contribution in [-0.2, 0) is 6.61 Å². The van der Waals surface area contributed by atoms with Crippen LogP contribution in [0.5, 0.6) is 0 Å². The SMILES string of the molecule is OCc1coc(N2CCC(C(F)(F)F)CC2)n1. The number of rotatable bonds is 2. The van der Waals surface area contributed by atoms with Crippen LogP contribution < -0.4 is 4.90 Å². The summed E-state index contributed by atoms with van der Waals surface area (Å²) in [4.78, 5) is 5.64. The molecule has 1 aliphatic heterocycles. The number of aromatic nitrogens is 1. The predicted octanol–water partition coefficient (Wildman–Crippen LogP) is 1.95. The van der Waals surface area contributed by atoms with Gasteiger partial charge >= 0.3 is 6.18 Å². The van der Waals surface area contributed by atoms with Gasteiger partial charge in [0, 0.05) is 13.1 Å². The number of aliphatic hydroxyl groups excluding tert-OH is 1. The number of halogens is 3. The van der Waals surface area contributed by atoms with Crippen molar-refractivity contribution in [2.45, 2.75) is 25.6 Å². The number of hydrogen-bond donors (Lipinski definition) is 1. The molecule has 4 nitrogen and oxygen atoms in total. The van der Waals surface area contributed by atoms with E-state index >= 15 is 0 Å². The Balaban J connectivity index is 1.95. The molecule has 1 aromatic heterocycles. The summed E-state index contributed by atoms with van der Waals surface area (Å²) in [6.07, 6.45) is -2.69. The number of aliphatic hydroxyl groups is 1. The molecule has 0 saturated carbocycles. The molecule has 7 heteroatoms. The van der Waals surface area contributed by atoms with Gasteiger partial charge in [-0.3, -0.25) is 0 Å². The molecule has 0 aliphatic carbocycles. The topological polar surface area (TPSA) is 49.5 Å². The molecule has 0 spiro atoms. The van der Waals surface area contributed by atoms with E-state index in [0.717, 1.165) is 0 Å². The summed E-state index contributed by atoms with van der Waals surface area (Å²) in [7, 11) is 0. The highest BCUT2D eigenvalue weighted by Crippen LogP contribution is 2.35. The van der Waals surface area contributed by atoms with Gasteiger partial charge in [0.2, 0.25) is 0 Å². The zero-order chi connectivity index (χ0) is 12.5. The fourth-order valence-electron chi connectivity index (χ4n) is 1.91. The molecule has 1 fully saturated rings. The van der Waals surface area contributed by atoms with E-state index in [0.29, 0.717) is 5.69 Å². The van der Waals surface area contributed by atoms with Gasteiger partial charge in [-0.2, -0.15) is 18.2 Å². The lowest BCUT2D eigenvalue weighted by molar-refractivity contribution is -0.179. The third kappa shape index (κ3) is 2.71. The third-order valence-electron chi connectivity index (χ3n) is 2.93. The number of oxazole rings is 1. The zero-order valence-corrected chi connectivity index (χ0v) is 9.07. The normalized spacial score (nSPS) is 18.7. The minimum atomic E-state index is -4.11. The Bertz CT molecular complexity index is 370. The van der Waals surface area contributed by atoms with Gasteiger partial charge in [0.25, 0.3) is 6.01 Å². The van der Waals surface area contributed by atoms with E-state index < -0.39 is 12.1 Å². The van der Waals surface area contributed by atoms with Crippen LogP contribution in [0.4, 0.5) is 19.2 Å². The predicted molar refractivity (Wildman–Crippen MR) is 53.4 cm³/mol. The van der Waals surface area contributed by atoms with E-state index in [-0.39, 0.29) is 38.6 Å². The van der Waals surface area contributed by atoms with Crippen molar-refractivity contribution < 1.29 is 22.7 Å². The Labute approximate surface area is 96.0 Å². The number of alkyl halides is 3. The Morgan fingerprint density at radius 3 is 2.53 bits per heavy atom. The van der Waals surface area contributed by atoms with Crippen molar-refractivity contribution in [2.75, 3.05) is 18.0 Å². The van der Waals surface area contributed by atoms with Gasteiger partial charge in [0.05, 0.1) is 12.5 Å². The quantitative estimate of drug-likeness (QED) is 0.871. The van der Waals surface area contributed by atoms with Crippen LogP contribution in [0, 0.1) is 5.92 Å². The summed E-state index contributed by atoms with van der Waals surface area (Å²) >= 11 is 0. The first kappa shape index (κ1) is 12.2. The number of nitrogens with zero attached hydrogens (tertiary/aromatic N) is 2. The summed E-state index contributed by atoms with van der Waals surface area (Å²) in [5, 5.41) is 8.81. The molecule has 0 unspecified atom stereocenters. The van der Waals surface area contributed by atoms with E-state index in [1.165, 1.54) is 6.26 Å². The summed E-state index contributed by atoms with van der Waals surface area (Å²) in [5.74, 6) is -1.23. The Kier molecular flexibility index (Phi) is 3.28. The third-order valence-corrected chi connectivity index (χ3v) is 2.93. The average Bonchev–Trinajstić information content (AvgIpc) is 2.76. The van der Waals surface area contributed by atoms with Crippen molar-refractivity contribution in [3.8, 4) is 0 Å². The maximum absolute atomic E-state index is 12.4. The van der Waals surface area contributed by atoms with Crippen LogP contribution in [0.3, 0.4) is 0 Å². The first-order valence-electron chi connectivity index (χ1n) is 5.37. The molecule has 0 bridgehead atoms. The molecule has 17 heavy (non-hydrogen) atoms. The van der Waals surface area contributed by atoms with Crippen LogP contribution in [0.1, 0.15) is 18.5 Å². The van der Waals surface area contributed by atoms with Gasteiger partial charge in [0.1, 0.15) is 12.0 Å². The lowest BCUT2D eigenvalue weighted by atomic mass is 9.97. The largest absolute Gasteiger partial charge is 0.432 e. The molecule has 1 N–H and O–H groups in total. The van der Waals surface area contributed by atoms with Gasteiger partial charge in [-0.05, 0) is 12.8 Å². The van der Waals surface area contributed by atoms with E-state index in [4.69, 9.17) is 9.52 Å². The lowest BCUT2D eigenvalue weighted by Crippen LogP contribution is -2.39. The zero-order valence-electron chi connectivity index (χ0n) is 9.07. The molecule has 1 saturated heterocycles. The maximum atomic E-state index is 12.4. The molecule has 1 aliphatic rings. The molecular weight excluding hydrogens is 237 g/mol. The molecule has 1 aromatic rings. The van der Waals surface area contributed by atoms with Crippen LogP contribution >= 0.6 is 0 Å². The first-order valence-corrected chi connectivity index (χ1v) is 5.37. The maximum Gasteiger partial charge on any atom is 0.391 e. The fourth-order valence-corrected chi connectivity index (χ4v) is 1.91. The molecule has 96 valence electrons. The first-order chi connectivity index (χ1) is 8.00. The van der Waals surface area contributed by atoms with Crippen LogP contribution in [-0.4, -0.2) is 29.4 Å². The lowest BCUT2D eigenvalue weighted by Gasteiger charge is -2.31. The molecule has 2 heterocycles. The van der Waals surface area contributed by atoms with E-state index in [1.807, 2.05) is 0 Å². The fraction of sp³-hybridized carbons (Fsp3) is 0.700. The molecule has 0 aromatic carbocycles. The summed E-state index contributed by atoms with van der Waals surface area (Å²) in [5.41, 5.74) is 0.387. The van der Waals surface area contributed by atoms with Crippen LogP contribution in [0.15, 0.2) is 10.7 Å². The van der Waals surface area contributed by atoms with E-state index in [2.05, 4.69) is 4.98 Å². The smallest absolute Gasteiger partial charge is 0.391 e. The Morgan fingerprint density at radius 2 is 2.06 bits per heavy atom. The average molecular weight is 250 g/mol. The van der Waals surface area contributed by atoms with Crippen molar-refractivity contribution in [1.29, 1.82) is 0 Å². The Morgan fingerprint density at radius 1 is 1.41 bits per heavy atom. The summed E-state index contributed by atoms with van der Waals surface area (Å²) in [6, 6.07) is 0.287. The van der Waals surface area contributed by atoms with Gasteiger partial charge < -0.3 is 14.4 Å². The van der Waals surface area contributed by atoms with Gasteiger partial charge in [0.15, 0.2) is 0 Å². The second kappa shape index (κ2) is 4.56. The second-order valence-corrected chi connectivity index (χ2v) is 4.08. The minimum absolute atomic E-state index is 0.0559. The molecular formula is C10H13F3N2O2. The molecule has 0 amide bonds. The van der Waals surface area contributed by atoms with Crippen molar-refractivity contribution >= 4 is 6.01 Å². The summed E-state index contributed by atoms with van der Waals surface area (Å²) < 4.78 is 42.4. The van der Waals surface area contributed by atoms with Crippen molar-refractivity contribution in [3.05, 3.63) is 12.0 Å². The van der Waals surface area contributed by atoms with E-state index in [1.54, 1.807) is 4.90 Å². The monoisotopic (exact) mass is 250 g/mol. The van der Waals surface area contributed by atoms with Gasteiger partial charge in [-0.1, -0.05) is 0 Å². The van der Waals surface area contributed by atoms with E-state index in [9.17, 15) is 13.2 Å². The summed E-state index contributed by atoms with van der Waals surface area (Å²) in [6.45, 7) is 0.313. The highest BCUT2D eigenvalue weighted by atomic mass is 19.4. The van der Waals surface area contributed by atoms with Gasteiger partial charge in [-0.15, -0.1) is 0 Å². The van der Waals surface area contributed by atoms with Gasteiger partial charge in [-0.25, -0.2) is 0 Å². The van der Waals surface area contributed by atoms with Crippen LogP contribution in [0.2, 0.25) is 0 Å². The number of anilines is 1. The molecule has 0 atom stereocenters. The van der Waals surface area contributed by atoms with Crippen molar-refractivity contribution in [1.82, 2.24) is 4.98 Å². The highest BCUT2D eigenvalue weighted by molar-refractivity contribution is 5.27. The number of hydrogen-bond acceptors (Lipinski definition) is 4. The van der Waals surface area contributed by atoms with Crippen LogP contribution in [0.25, 0.3) is 0 Å². The standard InChI is InChI=1S/C10H13F3N2O2/c11-10(12,13)7-1-3-15(4-2-7)9-14-8(5-16)6-17-9/h6-7,16H,1-5H2. The minimum Gasteiger partial charge on any atom is -0.432 e.